The van der Waals surface area contributed by atoms with Gasteiger partial charge in [-0.1, -0.05) is 66.0 Å². The van der Waals surface area contributed by atoms with Crippen molar-refractivity contribution in [3.8, 4) is 0 Å². The van der Waals surface area contributed by atoms with E-state index in [1.165, 1.54) is 23.2 Å². The Bertz CT molecular complexity index is 1440. The number of allylic oxidation sites excluding steroid dienone is 1. The molecule has 0 radical (unpaired) electrons. The van der Waals surface area contributed by atoms with Crippen molar-refractivity contribution in [3.05, 3.63) is 114 Å². The van der Waals surface area contributed by atoms with E-state index in [1.54, 1.807) is 12.1 Å². The monoisotopic (exact) mass is 553 g/mol. The van der Waals surface area contributed by atoms with Gasteiger partial charge < -0.3 is 0 Å². The second-order valence-electron chi connectivity index (χ2n) is 9.43. The molecule has 1 aliphatic carbocycles. The summed E-state index contributed by atoms with van der Waals surface area (Å²) < 4.78 is 0. The third-order valence-corrected chi connectivity index (χ3v) is 7.62. The van der Waals surface area contributed by atoms with Crippen LogP contribution in [0.3, 0.4) is 0 Å². The largest absolute Gasteiger partial charge is 0.276 e. The van der Waals surface area contributed by atoms with E-state index < -0.39 is 16.9 Å². The van der Waals surface area contributed by atoms with Gasteiger partial charge in [-0.2, -0.15) is 5.10 Å². The number of hydrogen-bond acceptors (Lipinski definition) is 4. The Hall–Kier alpha value is -3.19. The number of rotatable bonds is 4. The maximum atomic E-state index is 13.9. The van der Waals surface area contributed by atoms with E-state index >= 15 is 0 Å². The van der Waals surface area contributed by atoms with Gasteiger partial charge in [-0.05, 0) is 71.9 Å². The van der Waals surface area contributed by atoms with Crippen LogP contribution in [-0.4, -0.2) is 21.6 Å². The molecule has 0 bridgehead atoms. The maximum Gasteiger partial charge on any atom is 0.276 e. The average molecular weight is 555 g/mol. The fourth-order valence-corrected chi connectivity index (χ4v) is 5.57. The van der Waals surface area contributed by atoms with Gasteiger partial charge in [-0.15, -0.1) is 0 Å². The molecule has 1 fully saturated rings. The van der Waals surface area contributed by atoms with Gasteiger partial charge in [-0.3, -0.25) is 14.9 Å². The van der Waals surface area contributed by atoms with E-state index in [4.69, 9.17) is 39.9 Å². The number of non-ortho nitro benzene ring substituents is 1. The third kappa shape index (κ3) is 5.14. The second-order valence-corrected chi connectivity index (χ2v) is 10.7. The predicted octanol–water partition coefficient (Wildman–Crippen LogP) is 8.24. The number of carbonyl (C=O) groups is 1. The zero-order valence-corrected chi connectivity index (χ0v) is 22.0. The minimum atomic E-state index is -0.548. The lowest BCUT2D eigenvalue weighted by atomic mass is 9.73. The first-order valence-electron chi connectivity index (χ1n) is 11.8. The number of nitro groups is 1. The van der Waals surface area contributed by atoms with Gasteiger partial charge in [0.1, 0.15) is 0 Å². The molecule has 3 atom stereocenters. The number of carbonyl (C=O) groups excluding carboxylic acids is 1. The quantitative estimate of drug-likeness (QED) is 0.241. The molecule has 0 saturated heterocycles. The molecule has 2 aliphatic rings. The van der Waals surface area contributed by atoms with Gasteiger partial charge in [-0.25, -0.2) is 5.01 Å². The lowest BCUT2D eigenvalue weighted by Crippen LogP contribution is -2.33. The molecule has 1 aliphatic heterocycles. The second kappa shape index (κ2) is 10.3. The summed E-state index contributed by atoms with van der Waals surface area (Å²) in [5.41, 5.74) is 3.58. The van der Waals surface area contributed by atoms with Crippen molar-refractivity contribution in [1.82, 2.24) is 5.01 Å². The molecule has 3 aromatic carbocycles. The van der Waals surface area contributed by atoms with Gasteiger partial charge in [0.25, 0.3) is 11.6 Å². The zero-order valence-electron chi connectivity index (χ0n) is 19.8. The van der Waals surface area contributed by atoms with Crippen LogP contribution < -0.4 is 0 Å². The lowest BCUT2D eigenvalue weighted by Gasteiger charge is -2.32. The van der Waals surface area contributed by atoms with Crippen LogP contribution in [0.5, 0.6) is 0 Å². The SMILES string of the molecule is CC1C/C(=C/c2ccc(Cl)cc2)C2=NN(C(=O)c3cc([N+](=O)[O-])ccc3Cl)C(c3ccc(Cl)cc3)C2C1. The van der Waals surface area contributed by atoms with E-state index in [9.17, 15) is 14.9 Å². The number of nitrogens with zero attached hydrogens (tertiary/aromatic N) is 3. The van der Waals surface area contributed by atoms with Crippen LogP contribution in [0.25, 0.3) is 6.08 Å². The van der Waals surface area contributed by atoms with Crippen LogP contribution >= 0.6 is 34.8 Å². The number of nitro benzene ring substituents is 1. The van der Waals surface area contributed by atoms with E-state index in [1.807, 2.05) is 36.4 Å². The fourth-order valence-electron chi connectivity index (χ4n) is 5.12. The summed E-state index contributed by atoms with van der Waals surface area (Å²) in [5.74, 6) is -0.201. The fraction of sp³-hybridized carbons (Fsp3) is 0.214. The minimum Gasteiger partial charge on any atom is -0.267 e. The van der Waals surface area contributed by atoms with Gasteiger partial charge in [0, 0.05) is 28.1 Å². The van der Waals surface area contributed by atoms with Crippen molar-refractivity contribution >= 4 is 58.2 Å². The Kier molecular flexibility index (Phi) is 7.08. The molecule has 188 valence electrons. The van der Waals surface area contributed by atoms with Gasteiger partial charge in [0.15, 0.2) is 0 Å². The molecule has 0 aromatic heterocycles. The summed E-state index contributed by atoms with van der Waals surface area (Å²) in [6, 6.07) is 18.4. The highest BCUT2D eigenvalue weighted by atomic mass is 35.5. The zero-order chi connectivity index (χ0) is 26.3. The Labute approximate surface area is 229 Å². The minimum absolute atomic E-state index is 0.0362. The molecule has 1 amide bonds. The van der Waals surface area contributed by atoms with Crippen LogP contribution in [0.2, 0.25) is 15.1 Å². The summed E-state index contributed by atoms with van der Waals surface area (Å²) in [6.45, 7) is 2.19. The van der Waals surface area contributed by atoms with E-state index in [0.29, 0.717) is 16.0 Å². The highest BCUT2D eigenvalue weighted by Crippen LogP contribution is 2.47. The van der Waals surface area contributed by atoms with Crippen molar-refractivity contribution in [1.29, 1.82) is 0 Å². The highest BCUT2D eigenvalue weighted by molar-refractivity contribution is 6.34. The van der Waals surface area contributed by atoms with E-state index in [2.05, 4.69) is 13.0 Å². The Balaban J connectivity index is 1.62. The summed E-state index contributed by atoms with van der Waals surface area (Å²) in [6.07, 6.45) is 3.73. The number of halogens is 3. The van der Waals surface area contributed by atoms with Crippen molar-refractivity contribution in [3.63, 3.8) is 0 Å². The molecular weight excluding hydrogens is 533 g/mol. The molecule has 37 heavy (non-hydrogen) atoms. The molecule has 9 heteroatoms. The highest BCUT2D eigenvalue weighted by Gasteiger charge is 2.45. The van der Waals surface area contributed by atoms with E-state index in [0.717, 1.165) is 35.3 Å². The van der Waals surface area contributed by atoms with Crippen LogP contribution in [-0.2, 0) is 0 Å². The summed E-state index contributed by atoms with van der Waals surface area (Å²) >= 11 is 18.6. The predicted molar refractivity (Wildman–Crippen MR) is 147 cm³/mol. The van der Waals surface area contributed by atoms with Crippen LogP contribution in [0.4, 0.5) is 5.69 Å². The molecule has 0 spiro atoms. The number of hydrazone groups is 1. The van der Waals surface area contributed by atoms with Crippen LogP contribution in [0.1, 0.15) is 47.3 Å². The third-order valence-electron chi connectivity index (χ3n) is 6.79. The first kappa shape index (κ1) is 25.5. The van der Waals surface area contributed by atoms with Crippen molar-refractivity contribution in [2.24, 2.45) is 16.9 Å². The summed E-state index contributed by atoms with van der Waals surface area (Å²) in [5, 5.41) is 19.0. The maximum absolute atomic E-state index is 13.9. The molecule has 6 nitrogen and oxygen atoms in total. The average Bonchev–Trinajstić information content (AvgIpc) is 3.25. The number of hydrogen-bond donors (Lipinski definition) is 0. The molecular formula is C28H22Cl3N3O3. The topological polar surface area (TPSA) is 75.8 Å². The number of benzene rings is 3. The lowest BCUT2D eigenvalue weighted by molar-refractivity contribution is -0.384. The van der Waals surface area contributed by atoms with Crippen molar-refractivity contribution in [2.45, 2.75) is 25.8 Å². The number of fused-ring (bicyclic) bond motifs is 1. The Morgan fingerprint density at radius 2 is 1.68 bits per heavy atom. The molecule has 1 heterocycles. The van der Waals surface area contributed by atoms with E-state index in [-0.39, 0.29) is 22.2 Å². The molecule has 5 rings (SSSR count). The van der Waals surface area contributed by atoms with Gasteiger partial charge >= 0.3 is 0 Å². The van der Waals surface area contributed by atoms with Gasteiger partial charge in [0.2, 0.25) is 0 Å². The first-order valence-corrected chi connectivity index (χ1v) is 12.9. The van der Waals surface area contributed by atoms with Crippen molar-refractivity contribution < 1.29 is 9.72 Å². The Morgan fingerprint density at radius 1 is 1.03 bits per heavy atom. The first-order chi connectivity index (χ1) is 17.7. The van der Waals surface area contributed by atoms with Crippen LogP contribution in [0.15, 0.2) is 77.4 Å². The van der Waals surface area contributed by atoms with Gasteiger partial charge in [0.05, 0.1) is 27.3 Å². The molecule has 1 saturated carbocycles. The van der Waals surface area contributed by atoms with Crippen molar-refractivity contribution in [2.75, 3.05) is 0 Å². The number of amides is 1. The normalized spacial score (nSPS) is 22.1. The molecule has 3 unspecified atom stereocenters. The molecule has 0 N–H and O–H groups in total. The molecule has 3 aromatic rings. The summed E-state index contributed by atoms with van der Waals surface area (Å²) in [4.78, 5) is 24.7. The standard InChI is InChI=1S/C28H22Cl3N3O3/c1-16-12-19(14-17-2-6-20(29)7-3-17)26-24(13-16)27(18-4-8-21(30)9-5-18)33(32-26)28(35)23-15-22(34(36)37)10-11-25(23)31/h2-11,14-16,24,27H,12-13H2,1H3/b19-14-. The smallest absolute Gasteiger partial charge is 0.267 e. The van der Waals surface area contributed by atoms with Crippen LogP contribution in [0, 0.1) is 22.0 Å². The summed E-state index contributed by atoms with van der Waals surface area (Å²) in [7, 11) is 0. The Morgan fingerprint density at radius 3 is 2.32 bits per heavy atom.